The Bertz CT molecular complexity index is 682. The first-order valence-corrected chi connectivity index (χ1v) is 8.58. The number of para-hydroxylation sites is 1. The standard InChI is InChI=1S/C19H26N2O4/c1-6-12(4)25-18(22)16-13(5)20-19(23)21-17(16)14-9-7-8-10-15(14)24-11(2)3/h7-12,17H,6H2,1-5H3,(H2,20,21,23). The number of esters is 1. The van der Waals surface area contributed by atoms with Crippen LogP contribution in [0.4, 0.5) is 4.79 Å². The normalized spacial score (nSPS) is 18.5. The van der Waals surface area contributed by atoms with E-state index in [-0.39, 0.29) is 18.2 Å². The van der Waals surface area contributed by atoms with Crippen LogP contribution >= 0.6 is 0 Å². The van der Waals surface area contributed by atoms with Crippen molar-refractivity contribution in [3.8, 4) is 5.75 Å². The van der Waals surface area contributed by atoms with Crippen molar-refractivity contribution in [1.82, 2.24) is 10.6 Å². The maximum absolute atomic E-state index is 12.7. The predicted molar refractivity (Wildman–Crippen MR) is 95.2 cm³/mol. The van der Waals surface area contributed by atoms with E-state index in [1.54, 1.807) is 6.92 Å². The number of nitrogens with one attached hydrogen (secondary N) is 2. The van der Waals surface area contributed by atoms with Gasteiger partial charge in [0.2, 0.25) is 0 Å². The fourth-order valence-corrected chi connectivity index (χ4v) is 2.61. The largest absolute Gasteiger partial charge is 0.491 e. The van der Waals surface area contributed by atoms with Crippen LogP contribution in [-0.2, 0) is 9.53 Å². The van der Waals surface area contributed by atoms with Gasteiger partial charge in [-0.05, 0) is 40.2 Å². The molecule has 2 amide bonds. The molecular formula is C19H26N2O4. The molecule has 2 rings (SSSR count). The minimum atomic E-state index is -0.625. The molecule has 0 saturated carbocycles. The molecule has 1 heterocycles. The Morgan fingerprint density at radius 2 is 1.92 bits per heavy atom. The van der Waals surface area contributed by atoms with Crippen molar-refractivity contribution < 1.29 is 19.1 Å². The topological polar surface area (TPSA) is 76.7 Å². The van der Waals surface area contributed by atoms with Gasteiger partial charge in [0.1, 0.15) is 5.75 Å². The lowest BCUT2D eigenvalue weighted by Gasteiger charge is -2.30. The van der Waals surface area contributed by atoms with Crippen LogP contribution in [0.15, 0.2) is 35.5 Å². The van der Waals surface area contributed by atoms with Crippen molar-refractivity contribution in [2.24, 2.45) is 0 Å². The van der Waals surface area contributed by atoms with Gasteiger partial charge in [-0.2, -0.15) is 0 Å². The molecule has 25 heavy (non-hydrogen) atoms. The number of hydrogen-bond acceptors (Lipinski definition) is 4. The van der Waals surface area contributed by atoms with Gasteiger partial charge in [0.25, 0.3) is 0 Å². The van der Waals surface area contributed by atoms with Gasteiger partial charge in [0.05, 0.1) is 23.8 Å². The van der Waals surface area contributed by atoms with Crippen LogP contribution in [0.1, 0.15) is 52.6 Å². The van der Waals surface area contributed by atoms with Crippen molar-refractivity contribution in [3.63, 3.8) is 0 Å². The number of hydrogen-bond donors (Lipinski definition) is 2. The lowest BCUT2D eigenvalue weighted by Crippen LogP contribution is -2.45. The number of rotatable bonds is 6. The van der Waals surface area contributed by atoms with E-state index < -0.39 is 12.0 Å². The first-order chi connectivity index (χ1) is 11.8. The average Bonchev–Trinajstić information content (AvgIpc) is 2.53. The fourth-order valence-electron chi connectivity index (χ4n) is 2.61. The summed E-state index contributed by atoms with van der Waals surface area (Å²) in [4.78, 5) is 24.7. The highest BCUT2D eigenvalue weighted by atomic mass is 16.5. The van der Waals surface area contributed by atoms with Gasteiger partial charge in [-0.3, -0.25) is 0 Å². The van der Waals surface area contributed by atoms with Gasteiger partial charge in [0.15, 0.2) is 0 Å². The minimum Gasteiger partial charge on any atom is -0.491 e. The molecule has 0 aliphatic carbocycles. The molecule has 1 aliphatic rings. The lowest BCUT2D eigenvalue weighted by atomic mass is 9.94. The van der Waals surface area contributed by atoms with Crippen LogP contribution in [0.5, 0.6) is 5.75 Å². The molecule has 1 aromatic carbocycles. The third-order valence-corrected chi connectivity index (χ3v) is 3.96. The molecule has 2 atom stereocenters. The summed E-state index contributed by atoms with van der Waals surface area (Å²) in [6, 6.07) is 6.40. The highest BCUT2D eigenvalue weighted by Crippen LogP contribution is 2.34. The number of ether oxygens (including phenoxy) is 2. The second kappa shape index (κ2) is 8.05. The Balaban J connectivity index is 2.45. The first-order valence-electron chi connectivity index (χ1n) is 8.58. The Kier molecular flexibility index (Phi) is 6.07. The van der Waals surface area contributed by atoms with E-state index in [2.05, 4.69) is 10.6 Å². The maximum Gasteiger partial charge on any atom is 0.338 e. The summed E-state index contributed by atoms with van der Waals surface area (Å²) < 4.78 is 11.3. The maximum atomic E-state index is 12.7. The van der Waals surface area contributed by atoms with E-state index in [1.165, 1.54) is 0 Å². The molecule has 0 spiro atoms. The van der Waals surface area contributed by atoms with E-state index in [1.807, 2.05) is 52.0 Å². The number of carbonyl (C=O) groups is 2. The molecular weight excluding hydrogens is 320 g/mol. The molecule has 0 fully saturated rings. The first kappa shape index (κ1) is 18.8. The Morgan fingerprint density at radius 3 is 2.56 bits per heavy atom. The Labute approximate surface area is 148 Å². The molecule has 0 saturated heterocycles. The molecule has 0 bridgehead atoms. The smallest absolute Gasteiger partial charge is 0.338 e. The highest BCUT2D eigenvalue weighted by Gasteiger charge is 2.34. The molecule has 136 valence electrons. The van der Waals surface area contributed by atoms with E-state index in [9.17, 15) is 9.59 Å². The summed E-state index contributed by atoms with van der Waals surface area (Å²) in [5, 5.41) is 5.46. The van der Waals surface area contributed by atoms with Crippen molar-refractivity contribution in [1.29, 1.82) is 0 Å². The van der Waals surface area contributed by atoms with Gasteiger partial charge in [-0.1, -0.05) is 25.1 Å². The van der Waals surface area contributed by atoms with Crippen LogP contribution < -0.4 is 15.4 Å². The van der Waals surface area contributed by atoms with Crippen molar-refractivity contribution in [3.05, 3.63) is 41.1 Å². The Morgan fingerprint density at radius 1 is 1.24 bits per heavy atom. The zero-order valence-corrected chi connectivity index (χ0v) is 15.4. The molecule has 2 unspecified atom stereocenters. The highest BCUT2D eigenvalue weighted by molar-refractivity contribution is 5.95. The van der Waals surface area contributed by atoms with Crippen LogP contribution in [-0.4, -0.2) is 24.2 Å². The molecule has 0 radical (unpaired) electrons. The Hall–Kier alpha value is -2.50. The monoisotopic (exact) mass is 346 g/mol. The van der Waals surface area contributed by atoms with Gasteiger partial charge < -0.3 is 20.1 Å². The van der Waals surface area contributed by atoms with E-state index in [0.29, 0.717) is 17.0 Å². The second-order valence-electron chi connectivity index (χ2n) is 6.40. The molecule has 1 aliphatic heterocycles. The average molecular weight is 346 g/mol. The van der Waals surface area contributed by atoms with E-state index in [0.717, 1.165) is 12.0 Å². The molecule has 2 N–H and O–H groups in total. The van der Waals surface area contributed by atoms with Crippen LogP contribution in [0, 0.1) is 0 Å². The number of urea groups is 1. The summed E-state index contributed by atoms with van der Waals surface area (Å²) >= 11 is 0. The number of carbonyl (C=O) groups excluding carboxylic acids is 2. The third kappa shape index (κ3) is 4.53. The molecule has 6 nitrogen and oxygen atoms in total. The van der Waals surface area contributed by atoms with Crippen molar-refractivity contribution in [2.75, 3.05) is 0 Å². The molecule has 6 heteroatoms. The van der Waals surface area contributed by atoms with Gasteiger partial charge in [-0.25, -0.2) is 9.59 Å². The van der Waals surface area contributed by atoms with Gasteiger partial charge in [0, 0.05) is 11.3 Å². The van der Waals surface area contributed by atoms with Gasteiger partial charge in [-0.15, -0.1) is 0 Å². The zero-order chi connectivity index (χ0) is 18.6. The summed E-state index contributed by atoms with van der Waals surface area (Å²) in [6.45, 7) is 9.34. The van der Waals surface area contributed by atoms with Crippen molar-refractivity contribution >= 4 is 12.0 Å². The number of amides is 2. The molecule has 1 aromatic rings. The van der Waals surface area contributed by atoms with Gasteiger partial charge >= 0.3 is 12.0 Å². The van der Waals surface area contributed by atoms with Crippen molar-refractivity contribution in [2.45, 2.75) is 59.3 Å². The second-order valence-corrected chi connectivity index (χ2v) is 6.40. The minimum absolute atomic E-state index is 0.0286. The number of allylic oxidation sites excluding steroid dienone is 1. The summed E-state index contributed by atoms with van der Waals surface area (Å²) in [5.41, 5.74) is 1.60. The lowest BCUT2D eigenvalue weighted by molar-refractivity contribution is -0.144. The van der Waals surface area contributed by atoms with Crippen LogP contribution in [0.3, 0.4) is 0 Å². The summed E-state index contributed by atoms with van der Waals surface area (Å²) in [5.74, 6) is 0.190. The molecule has 0 aromatic heterocycles. The number of benzene rings is 1. The quantitative estimate of drug-likeness (QED) is 0.774. The predicted octanol–water partition coefficient (Wildman–Crippen LogP) is 3.44. The summed E-state index contributed by atoms with van der Waals surface area (Å²) in [6.07, 6.45) is 0.489. The zero-order valence-electron chi connectivity index (χ0n) is 15.4. The van der Waals surface area contributed by atoms with Crippen LogP contribution in [0.25, 0.3) is 0 Å². The summed E-state index contributed by atoms with van der Waals surface area (Å²) in [7, 11) is 0. The van der Waals surface area contributed by atoms with Crippen LogP contribution in [0.2, 0.25) is 0 Å². The fraction of sp³-hybridized carbons (Fsp3) is 0.474. The van der Waals surface area contributed by atoms with E-state index >= 15 is 0 Å². The third-order valence-electron chi connectivity index (χ3n) is 3.96. The SMILES string of the molecule is CCC(C)OC(=O)C1=C(C)NC(=O)NC1c1ccccc1OC(C)C. The van der Waals surface area contributed by atoms with E-state index in [4.69, 9.17) is 9.47 Å².